The summed E-state index contributed by atoms with van der Waals surface area (Å²) in [6.07, 6.45) is 6.80. The van der Waals surface area contributed by atoms with Gasteiger partial charge in [0, 0.05) is 24.9 Å². The number of rotatable bonds is 2. The second kappa shape index (κ2) is 4.59. The highest BCUT2D eigenvalue weighted by molar-refractivity contribution is 5.72. The Bertz CT molecular complexity index is 711. The van der Waals surface area contributed by atoms with Crippen molar-refractivity contribution >= 4 is 0 Å². The summed E-state index contributed by atoms with van der Waals surface area (Å²) in [5.41, 5.74) is 3.42. The van der Waals surface area contributed by atoms with Crippen molar-refractivity contribution in [3.63, 3.8) is 0 Å². The second-order valence-electron chi connectivity index (χ2n) is 6.88. The monoisotopic (exact) mass is 295 g/mol. The third-order valence-corrected chi connectivity index (χ3v) is 5.28. The van der Waals surface area contributed by atoms with Crippen LogP contribution in [0.25, 0.3) is 11.3 Å². The van der Waals surface area contributed by atoms with E-state index in [2.05, 4.69) is 34.1 Å². The first-order valence-electron chi connectivity index (χ1n) is 8.40. The number of piperidine rings is 1. The molecule has 3 heterocycles. The van der Waals surface area contributed by atoms with Gasteiger partial charge in [-0.15, -0.1) is 0 Å². The molecule has 1 aromatic carbocycles. The number of nitrogens with zero attached hydrogens (tertiary/aromatic N) is 2. The standard InChI is InChI=1S/C18H21N3O/c1-2-4-15-14(3-1)16-17(18(22-15)7-9-19-10-8-18)21(12-20-16)11-13-5-6-13/h1-4,12-13,19H,5-11H2. The Labute approximate surface area is 130 Å². The van der Waals surface area contributed by atoms with E-state index in [0.717, 1.165) is 55.4 Å². The SMILES string of the molecule is c1ccc2c(c1)OC1(CCNCC1)c1c-2ncn1CC1CC1. The molecule has 0 unspecified atom stereocenters. The Morgan fingerprint density at radius 3 is 2.86 bits per heavy atom. The van der Waals surface area contributed by atoms with E-state index in [1.54, 1.807) is 0 Å². The summed E-state index contributed by atoms with van der Waals surface area (Å²) >= 11 is 0. The fraction of sp³-hybridized carbons (Fsp3) is 0.500. The molecule has 2 aromatic rings. The fourth-order valence-electron chi connectivity index (χ4n) is 3.95. The number of aromatic nitrogens is 2. The first kappa shape index (κ1) is 12.7. The summed E-state index contributed by atoms with van der Waals surface area (Å²) in [5.74, 6) is 1.84. The van der Waals surface area contributed by atoms with Crippen molar-refractivity contribution in [2.24, 2.45) is 5.92 Å². The van der Waals surface area contributed by atoms with Gasteiger partial charge in [0.25, 0.3) is 0 Å². The predicted octanol–water partition coefficient (Wildman–Crippen LogP) is 2.93. The topological polar surface area (TPSA) is 39.1 Å². The lowest BCUT2D eigenvalue weighted by atomic mass is 9.83. The van der Waals surface area contributed by atoms with Gasteiger partial charge in [-0.1, -0.05) is 12.1 Å². The van der Waals surface area contributed by atoms with Crippen molar-refractivity contribution in [1.82, 2.24) is 14.9 Å². The van der Waals surface area contributed by atoms with Crippen LogP contribution in [0.5, 0.6) is 5.75 Å². The number of fused-ring (bicyclic) bond motifs is 4. The van der Waals surface area contributed by atoms with Crippen LogP contribution in [-0.4, -0.2) is 22.6 Å². The number of imidazole rings is 1. The predicted molar refractivity (Wildman–Crippen MR) is 84.8 cm³/mol. The summed E-state index contributed by atoms with van der Waals surface area (Å²) in [5, 5.41) is 3.47. The molecule has 2 fully saturated rings. The van der Waals surface area contributed by atoms with Crippen LogP contribution in [-0.2, 0) is 12.1 Å². The largest absolute Gasteiger partial charge is 0.480 e. The average Bonchev–Trinajstić information content (AvgIpc) is 3.26. The first-order valence-corrected chi connectivity index (χ1v) is 8.40. The number of ether oxygens (including phenoxy) is 1. The summed E-state index contributed by atoms with van der Waals surface area (Å²) in [4.78, 5) is 4.79. The molecule has 1 spiro atoms. The van der Waals surface area contributed by atoms with Crippen molar-refractivity contribution in [1.29, 1.82) is 0 Å². The van der Waals surface area contributed by atoms with Crippen molar-refractivity contribution < 1.29 is 4.74 Å². The van der Waals surface area contributed by atoms with Gasteiger partial charge in [-0.25, -0.2) is 4.98 Å². The highest BCUT2D eigenvalue weighted by Gasteiger charge is 2.45. The Morgan fingerprint density at radius 2 is 2.05 bits per heavy atom. The van der Waals surface area contributed by atoms with Gasteiger partial charge < -0.3 is 14.6 Å². The van der Waals surface area contributed by atoms with E-state index in [1.165, 1.54) is 18.5 Å². The van der Waals surface area contributed by atoms with E-state index >= 15 is 0 Å². The van der Waals surface area contributed by atoms with Crippen LogP contribution in [0.15, 0.2) is 30.6 Å². The number of hydrogen-bond acceptors (Lipinski definition) is 3. The molecule has 0 atom stereocenters. The minimum Gasteiger partial charge on any atom is -0.480 e. The molecule has 1 aliphatic carbocycles. The molecule has 1 N–H and O–H groups in total. The number of para-hydroxylation sites is 1. The lowest BCUT2D eigenvalue weighted by Gasteiger charge is -2.42. The summed E-state index contributed by atoms with van der Waals surface area (Å²) in [7, 11) is 0. The Balaban J connectivity index is 1.69. The van der Waals surface area contributed by atoms with Crippen LogP contribution >= 0.6 is 0 Å². The Morgan fingerprint density at radius 1 is 1.23 bits per heavy atom. The van der Waals surface area contributed by atoms with Crippen molar-refractivity contribution in [3.05, 3.63) is 36.3 Å². The lowest BCUT2D eigenvalue weighted by Crippen LogP contribution is -2.46. The van der Waals surface area contributed by atoms with E-state index < -0.39 is 0 Å². The zero-order valence-corrected chi connectivity index (χ0v) is 12.7. The summed E-state index contributed by atoms with van der Waals surface area (Å²) in [6.45, 7) is 3.12. The molecule has 114 valence electrons. The van der Waals surface area contributed by atoms with Crippen molar-refractivity contribution in [3.8, 4) is 17.0 Å². The Kier molecular flexibility index (Phi) is 2.65. The highest BCUT2D eigenvalue weighted by atomic mass is 16.5. The molecule has 22 heavy (non-hydrogen) atoms. The molecule has 3 aliphatic rings. The highest BCUT2D eigenvalue weighted by Crippen LogP contribution is 2.48. The molecular formula is C18H21N3O. The fourth-order valence-corrected chi connectivity index (χ4v) is 3.95. The van der Waals surface area contributed by atoms with Gasteiger partial charge >= 0.3 is 0 Å². The maximum Gasteiger partial charge on any atom is 0.153 e. The minimum atomic E-state index is -0.194. The van der Waals surface area contributed by atoms with Crippen LogP contribution in [0.2, 0.25) is 0 Å². The van der Waals surface area contributed by atoms with Gasteiger partial charge in [-0.3, -0.25) is 0 Å². The van der Waals surface area contributed by atoms with Gasteiger partial charge in [0.15, 0.2) is 5.60 Å². The molecule has 2 aliphatic heterocycles. The molecule has 1 saturated heterocycles. The molecule has 0 radical (unpaired) electrons. The minimum absolute atomic E-state index is 0.194. The maximum absolute atomic E-state index is 6.59. The lowest BCUT2D eigenvalue weighted by molar-refractivity contribution is 0.0228. The molecule has 0 bridgehead atoms. The van der Waals surface area contributed by atoms with Crippen LogP contribution in [0.1, 0.15) is 31.4 Å². The summed E-state index contributed by atoms with van der Waals surface area (Å²) in [6, 6.07) is 8.35. The first-order chi connectivity index (χ1) is 10.9. The molecule has 0 amide bonds. The zero-order chi connectivity index (χ0) is 14.6. The number of hydrogen-bond donors (Lipinski definition) is 1. The smallest absolute Gasteiger partial charge is 0.153 e. The van der Waals surface area contributed by atoms with Crippen molar-refractivity contribution in [2.45, 2.75) is 37.8 Å². The van der Waals surface area contributed by atoms with Gasteiger partial charge in [0.2, 0.25) is 0 Å². The molecule has 4 nitrogen and oxygen atoms in total. The van der Waals surface area contributed by atoms with E-state index in [-0.39, 0.29) is 5.60 Å². The molecule has 5 rings (SSSR count). The van der Waals surface area contributed by atoms with Gasteiger partial charge in [0.1, 0.15) is 5.75 Å². The molecule has 1 saturated carbocycles. The third kappa shape index (κ3) is 1.83. The zero-order valence-electron chi connectivity index (χ0n) is 12.7. The Hall–Kier alpha value is -1.81. The van der Waals surface area contributed by atoms with E-state index in [1.807, 2.05) is 6.33 Å². The van der Waals surface area contributed by atoms with Crippen molar-refractivity contribution in [2.75, 3.05) is 13.1 Å². The van der Waals surface area contributed by atoms with Crippen LogP contribution in [0, 0.1) is 5.92 Å². The average molecular weight is 295 g/mol. The quantitative estimate of drug-likeness (QED) is 0.926. The van der Waals surface area contributed by atoms with Gasteiger partial charge in [0.05, 0.1) is 17.7 Å². The number of benzene rings is 1. The van der Waals surface area contributed by atoms with Crippen LogP contribution in [0.3, 0.4) is 0 Å². The number of nitrogens with one attached hydrogen (secondary N) is 1. The van der Waals surface area contributed by atoms with Gasteiger partial charge in [-0.2, -0.15) is 0 Å². The second-order valence-corrected chi connectivity index (χ2v) is 6.88. The summed E-state index contributed by atoms with van der Waals surface area (Å²) < 4.78 is 8.97. The van der Waals surface area contributed by atoms with Crippen LogP contribution in [0.4, 0.5) is 0 Å². The third-order valence-electron chi connectivity index (χ3n) is 5.28. The molecule has 1 aromatic heterocycles. The van der Waals surface area contributed by atoms with Gasteiger partial charge in [-0.05, 0) is 44.0 Å². The maximum atomic E-state index is 6.59. The normalized spacial score (nSPS) is 22.0. The van der Waals surface area contributed by atoms with E-state index in [9.17, 15) is 0 Å². The van der Waals surface area contributed by atoms with E-state index in [4.69, 9.17) is 9.72 Å². The van der Waals surface area contributed by atoms with E-state index in [0.29, 0.717) is 0 Å². The molecule has 4 heteroatoms. The van der Waals surface area contributed by atoms with Crippen LogP contribution < -0.4 is 10.1 Å². The molecular weight excluding hydrogens is 274 g/mol.